The molecule has 0 N–H and O–H groups in total. The lowest BCUT2D eigenvalue weighted by Gasteiger charge is -2.14. The van der Waals surface area contributed by atoms with Crippen molar-refractivity contribution in [3.05, 3.63) is 99.4 Å². The number of imide groups is 1. The Morgan fingerprint density at radius 2 is 1.52 bits per heavy atom. The molecule has 0 saturated carbocycles. The Morgan fingerprint density at radius 3 is 2.12 bits per heavy atom. The van der Waals surface area contributed by atoms with Gasteiger partial charge in [-0.25, -0.2) is 0 Å². The molecule has 2 amide bonds. The summed E-state index contributed by atoms with van der Waals surface area (Å²) in [5.41, 5.74) is -0.146. The highest BCUT2D eigenvalue weighted by Crippen LogP contribution is 2.38. The maximum Gasteiger partial charge on any atom is 0.453 e. The Hall–Kier alpha value is -4.93. The summed E-state index contributed by atoms with van der Waals surface area (Å²) in [5, 5.41) is -0.223. The average Bonchev–Trinajstić information content (AvgIpc) is 3.17. The van der Waals surface area contributed by atoms with Crippen molar-refractivity contribution in [2.75, 3.05) is 6.54 Å². The van der Waals surface area contributed by atoms with E-state index in [9.17, 15) is 32.3 Å². The molecule has 5 rings (SSSR count). The number of fused-ring (bicyclic) bond motifs is 2. The molecule has 204 valence electrons. The topological polar surface area (TPSA) is 103 Å². The molecule has 1 aliphatic rings. The van der Waals surface area contributed by atoms with Crippen molar-refractivity contribution in [1.82, 2.24) is 4.90 Å². The zero-order valence-corrected chi connectivity index (χ0v) is 20.9. The van der Waals surface area contributed by atoms with Crippen LogP contribution >= 0.6 is 0 Å². The number of esters is 1. The number of hydrogen-bond donors (Lipinski definition) is 0. The van der Waals surface area contributed by atoms with E-state index >= 15 is 0 Å². The second-order valence-corrected chi connectivity index (χ2v) is 8.88. The molecule has 0 spiro atoms. The Morgan fingerprint density at radius 1 is 0.900 bits per heavy atom. The zero-order chi connectivity index (χ0) is 28.6. The summed E-state index contributed by atoms with van der Waals surface area (Å²) in [6.07, 6.45) is -4.72. The first kappa shape index (κ1) is 26.7. The van der Waals surface area contributed by atoms with Crippen LogP contribution in [0.2, 0.25) is 0 Å². The third-order valence-electron chi connectivity index (χ3n) is 6.28. The summed E-state index contributed by atoms with van der Waals surface area (Å²) < 4.78 is 57.1. The van der Waals surface area contributed by atoms with Gasteiger partial charge in [-0.2, -0.15) is 13.2 Å². The first-order valence-electron chi connectivity index (χ1n) is 12.2. The predicted molar refractivity (Wildman–Crippen MR) is 135 cm³/mol. The number of halogens is 3. The fourth-order valence-corrected chi connectivity index (χ4v) is 4.24. The van der Waals surface area contributed by atoms with Crippen LogP contribution < -0.4 is 14.9 Å². The van der Waals surface area contributed by atoms with Crippen molar-refractivity contribution >= 4 is 28.8 Å². The normalized spacial score (nSPS) is 13.1. The van der Waals surface area contributed by atoms with E-state index in [1.54, 1.807) is 24.3 Å². The van der Waals surface area contributed by atoms with E-state index in [0.29, 0.717) is 6.42 Å². The van der Waals surface area contributed by atoms with Crippen molar-refractivity contribution in [1.29, 1.82) is 0 Å². The third-order valence-corrected chi connectivity index (χ3v) is 6.28. The number of hydrogen-bond acceptors (Lipinski definition) is 7. The quantitative estimate of drug-likeness (QED) is 0.164. The highest BCUT2D eigenvalue weighted by atomic mass is 19.4. The third kappa shape index (κ3) is 5.05. The summed E-state index contributed by atoms with van der Waals surface area (Å²) in [6, 6.07) is 15.8. The molecule has 4 aromatic rings. The maximum atomic E-state index is 13.8. The number of ether oxygens (including phenoxy) is 2. The van der Waals surface area contributed by atoms with Gasteiger partial charge >= 0.3 is 12.1 Å². The number of rotatable bonds is 7. The highest BCUT2D eigenvalue weighted by Gasteiger charge is 2.41. The lowest BCUT2D eigenvalue weighted by atomic mass is 10.1. The van der Waals surface area contributed by atoms with Gasteiger partial charge in [0, 0.05) is 12.6 Å². The molecule has 0 aliphatic carbocycles. The molecule has 2 heterocycles. The van der Waals surface area contributed by atoms with Crippen molar-refractivity contribution in [2.24, 2.45) is 0 Å². The molecule has 0 atom stereocenters. The largest absolute Gasteiger partial charge is 0.453 e. The van der Waals surface area contributed by atoms with E-state index in [-0.39, 0.29) is 41.0 Å². The fourth-order valence-electron chi connectivity index (χ4n) is 4.24. The van der Waals surface area contributed by atoms with Crippen LogP contribution in [0.1, 0.15) is 45.4 Å². The Labute approximate surface area is 224 Å². The molecule has 0 unspecified atom stereocenters. The summed E-state index contributed by atoms with van der Waals surface area (Å²) >= 11 is 0. The van der Waals surface area contributed by atoms with Crippen molar-refractivity contribution in [2.45, 2.75) is 25.9 Å². The van der Waals surface area contributed by atoms with Gasteiger partial charge in [-0.05, 0) is 48.4 Å². The average molecular weight is 551 g/mol. The first-order valence-corrected chi connectivity index (χ1v) is 12.2. The van der Waals surface area contributed by atoms with Crippen molar-refractivity contribution < 1.29 is 41.4 Å². The van der Waals surface area contributed by atoms with Gasteiger partial charge in [0.2, 0.25) is 11.2 Å². The van der Waals surface area contributed by atoms with Crippen LogP contribution in [-0.2, 0) is 17.4 Å². The van der Waals surface area contributed by atoms with Gasteiger partial charge in [0.05, 0.1) is 22.9 Å². The minimum absolute atomic E-state index is 0.0259. The highest BCUT2D eigenvalue weighted by molar-refractivity contribution is 6.21. The van der Waals surface area contributed by atoms with Crippen molar-refractivity contribution in [3.8, 4) is 17.2 Å². The molecular weight excluding hydrogens is 531 g/mol. The Kier molecular flexibility index (Phi) is 6.88. The summed E-state index contributed by atoms with van der Waals surface area (Å²) in [6.45, 7) is 1.65. The van der Waals surface area contributed by atoms with Gasteiger partial charge in [0.1, 0.15) is 17.1 Å². The molecule has 0 fully saturated rings. The van der Waals surface area contributed by atoms with Gasteiger partial charge in [-0.1, -0.05) is 31.2 Å². The SMILES string of the molecule is CCc1ccc(Oc2c(C(F)(F)F)oc3cc(OC(=O)CCN4C(=O)c5ccccc5C4=O)ccc3c2=O)cc1. The maximum absolute atomic E-state index is 13.8. The molecule has 1 aliphatic heterocycles. The monoisotopic (exact) mass is 551 g/mol. The molecule has 8 nitrogen and oxygen atoms in total. The van der Waals surface area contributed by atoms with Crippen LogP contribution in [0.15, 0.2) is 75.9 Å². The van der Waals surface area contributed by atoms with E-state index in [2.05, 4.69) is 0 Å². The number of benzene rings is 3. The fraction of sp³-hybridized carbons (Fsp3) is 0.172. The minimum atomic E-state index is -5.06. The van der Waals surface area contributed by atoms with E-state index in [1.807, 2.05) is 6.92 Å². The van der Waals surface area contributed by atoms with Crippen LogP contribution in [0.25, 0.3) is 11.0 Å². The Balaban J connectivity index is 1.36. The van der Waals surface area contributed by atoms with Crippen LogP contribution in [-0.4, -0.2) is 29.2 Å². The van der Waals surface area contributed by atoms with E-state index in [0.717, 1.165) is 22.6 Å². The standard InChI is InChI=1S/C29H20F3NO7/c1-2-16-7-9-17(10-8-16)39-25-24(35)21-12-11-18(15-22(21)40-26(25)29(30,31)32)38-23(34)13-14-33-27(36)19-5-3-4-6-20(19)28(33)37/h3-12,15H,2,13-14H2,1H3. The number of alkyl halides is 3. The zero-order valence-electron chi connectivity index (χ0n) is 20.9. The molecule has 1 aromatic heterocycles. The molecule has 0 saturated heterocycles. The van der Waals surface area contributed by atoms with Crippen molar-refractivity contribution in [3.63, 3.8) is 0 Å². The minimum Gasteiger partial charge on any atom is -0.449 e. The van der Waals surface area contributed by atoms with Crippen LogP contribution in [0, 0.1) is 0 Å². The van der Waals surface area contributed by atoms with Gasteiger partial charge in [0.15, 0.2) is 0 Å². The molecule has 0 radical (unpaired) electrons. The van der Waals surface area contributed by atoms with E-state index < -0.39 is 46.5 Å². The molecule has 3 aromatic carbocycles. The molecular formula is C29H20F3NO7. The molecule has 40 heavy (non-hydrogen) atoms. The van der Waals surface area contributed by atoms with Crippen LogP contribution in [0.3, 0.4) is 0 Å². The van der Waals surface area contributed by atoms with Crippen LogP contribution in [0.4, 0.5) is 13.2 Å². The molecule has 11 heteroatoms. The summed E-state index contributed by atoms with van der Waals surface area (Å²) in [5.74, 6) is -4.77. The van der Waals surface area contributed by atoms with Gasteiger partial charge in [0.25, 0.3) is 17.6 Å². The molecule has 0 bridgehead atoms. The van der Waals surface area contributed by atoms with E-state index in [1.165, 1.54) is 30.3 Å². The summed E-state index contributed by atoms with van der Waals surface area (Å²) in [4.78, 5) is 51.2. The van der Waals surface area contributed by atoms with E-state index in [4.69, 9.17) is 13.9 Å². The number of carbonyl (C=O) groups is 3. The van der Waals surface area contributed by atoms with Gasteiger partial charge in [-0.15, -0.1) is 0 Å². The van der Waals surface area contributed by atoms with Crippen LogP contribution in [0.5, 0.6) is 17.2 Å². The lowest BCUT2D eigenvalue weighted by Crippen LogP contribution is -2.32. The first-order chi connectivity index (χ1) is 19.1. The second-order valence-electron chi connectivity index (χ2n) is 8.88. The van der Waals surface area contributed by atoms with Gasteiger partial charge < -0.3 is 13.9 Å². The number of nitrogens with zero attached hydrogens (tertiary/aromatic N) is 1. The lowest BCUT2D eigenvalue weighted by molar-refractivity contribution is -0.154. The second kappa shape index (κ2) is 10.3. The predicted octanol–water partition coefficient (Wildman–Crippen LogP) is 5.76. The number of carbonyl (C=O) groups excluding carboxylic acids is 3. The number of aryl methyl sites for hydroxylation is 1. The number of amides is 2. The summed E-state index contributed by atoms with van der Waals surface area (Å²) in [7, 11) is 0. The Bertz CT molecular complexity index is 1670. The van der Waals surface area contributed by atoms with Gasteiger partial charge in [-0.3, -0.25) is 24.1 Å². The smallest absolute Gasteiger partial charge is 0.449 e.